The predicted octanol–water partition coefficient (Wildman–Crippen LogP) is 3.52. The molecule has 36 heavy (non-hydrogen) atoms. The number of amides is 1. The molecule has 1 atom stereocenters. The molecule has 0 aliphatic carbocycles. The van der Waals surface area contributed by atoms with Crippen molar-refractivity contribution < 1.29 is 9.53 Å². The first-order valence-corrected chi connectivity index (χ1v) is 12.0. The third kappa shape index (κ3) is 4.67. The topological polar surface area (TPSA) is 135 Å². The molecule has 0 unspecified atom stereocenters. The number of carbonyl (C=O) groups excluding carboxylic acids is 1. The van der Waals surface area contributed by atoms with Gasteiger partial charge in [-0.05, 0) is 37.3 Å². The number of fused-ring (bicyclic) bond motifs is 1. The molecule has 4 N–H and O–H groups in total. The molecule has 5 rings (SSSR count). The zero-order valence-electron chi connectivity index (χ0n) is 19.6. The van der Waals surface area contributed by atoms with Crippen LogP contribution in [0, 0.1) is 0 Å². The Bertz CT molecular complexity index is 1400. The van der Waals surface area contributed by atoms with Gasteiger partial charge in [0.05, 0.1) is 21.1 Å². The summed E-state index contributed by atoms with van der Waals surface area (Å²) in [6.07, 6.45) is 2.96. The molecule has 1 amide bonds. The average molecular weight is 527 g/mol. The summed E-state index contributed by atoms with van der Waals surface area (Å²) in [6.45, 7) is 2.94. The summed E-state index contributed by atoms with van der Waals surface area (Å²) in [7, 11) is 1.60. The third-order valence-corrected chi connectivity index (χ3v) is 6.77. The number of ether oxygens (including phenoxy) is 1. The Kier molecular flexibility index (Phi) is 6.42. The normalized spacial score (nSPS) is 15.4. The van der Waals surface area contributed by atoms with E-state index in [2.05, 4.69) is 30.7 Å². The van der Waals surface area contributed by atoms with Gasteiger partial charge >= 0.3 is 0 Å². The Labute approximate surface area is 217 Å². The molecule has 0 saturated carbocycles. The Hall–Kier alpha value is -3.47. The molecule has 0 radical (unpaired) electrons. The van der Waals surface area contributed by atoms with Crippen LogP contribution >= 0.6 is 23.2 Å². The molecule has 1 aliphatic rings. The SMILES string of the molecule is CNC(=O)CC1(N)CN(c2ccc(-c3n[nH]c4ccc(O[C@H](C)c5c(Cl)cncc5Cl)cc34)nn2)C1. The number of halogens is 2. The van der Waals surface area contributed by atoms with Gasteiger partial charge in [0.25, 0.3) is 0 Å². The van der Waals surface area contributed by atoms with E-state index in [4.69, 9.17) is 33.7 Å². The van der Waals surface area contributed by atoms with Crippen molar-refractivity contribution in [3.05, 3.63) is 58.3 Å². The summed E-state index contributed by atoms with van der Waals surface area (Å²) in [4.78, 5) is 17.6. The van der Waals surface area contributed by atoms with Crippen molar-refractivity contribution in [2.75, 3.05) is 25.0 Å². The second-order valence-corrected chi connectivity index (χ2v) is 9.72. The van der Waals surface area contributed by atoms with Crippen LogP contribution in [0.3, 0.4) is 0 Å². The Balaban J connectivity index is 1.33. The van der Waals surface area contributed by atoms with Gasteiger partial charge in [0.2, 0.25) is 5.91 Å². The standard InChI is InChI=1S/C24H24Cl2N8O2/c1-13(22-16(25)9-29-10-17(22)26)36-14-3-4-18-15(7-14)23(33-30-18)19-5-6-20(32-31-19)34-11-24(27,12-34)8-21(35)28-2/h3-7,9-10,13H,8,11-12,27H2,1-2H3,(H,28,35)(H,30,33)/t13-/m1/s1. The fourth-order valence-electron chi connectivity index (χ4n) is 4.35. The molecule has 1 saturated heterocycles. The van der Waals surface area contributed by atoms with Gasteiger partial charge in [0, 0.05) is 49.9 Å². The zero-order valence-corrected chi connectivity index (χ0v) is 21.1. The number of aromatic amines is 1. The first kappa shape index (κ1) is 24.2. The molecule has 0 bridgehead atoms. The largest absolute Gasteiger partial charge is 0.486 e. The monoisotopic (exact) mass is 526 g/mol. The molecule has 186 valence electrons. The van der Waals surface area contributed by atoms with Crippen molar-refractivity contribution >= 4 is 45.8 Å². The van der Waals surface area contributed by atoms with Gasteiger partial charge in [0.1, 0.15) is 23.2 Å². The number of anilines is 1. The number of benzene rings is 1. The average Bonchev–Trinajstić information content (AvgIpc) is 3.25. The van der Waals surface area contributed by atoms with Crippen LogP contribution in [0.5, 0.6) is 5.75 Å². The fourth-order valence-corrected chi connectivity index (χ4v) is 5.02. The fraction of sp³-hybridized carbons (Fsp3) is 0.292. The smallest absolute Gasteiger partial charge is 0.221 e. The maximum absolute atomic E-state index is 11.7. The molecule has 1 fully saturated rings. The molecule has 4 heterocycles. The molecule has 3 aromatic heterocycles. The number of nitrogens with two attached hydrogens (primary N) is 1. The van der Waals surface area contributed by atoms with Crippen molar-refractivity contribution in [1.29, 1.82) is 0 Å². The highest BCUT2D eigenvalue weighted by atomic mass is 35.5. The molecule has 10 nitrogen and oxygen atoms in total. The molecular formula is C24H24Cl2N8O2. The van der Waals surface area contributed by atoms with Gasteiger partial charge in [-0.25, -0.2) is 0 Å². The number of aromatic nitrogens is 5. The van der Waals surface area contributed by atoms with Gasteiger partial charge in [0.15, 0.2) is 5.82 Å². The van der Waals surface area contributed by atoms with E-state index in [1.807, 2.05) is 42.2 Å². The highest BCUT2D eigenvalue weighted by Gasteiger charge is 2.41. The summed E-state index contributed by atoms with van der Waals surface area (Å²) in [5, 5.41) is 20.5. The summed E-state index contributed by atoms with van der Waals surface area (Å²) in [5.74, 6) is 1.25. The maximum atomic E-state index is 11.7. The lowest BCUT2D eigenvalue weighted by molar-refractivity contribution is -0.122. The lowest BCUT2D eigenvalue weighted by Crippen LogP contribution is -2.69. The van der Waals surface area contributed by atoms with Crippen LogP contribution in [0.1, 0.15) is 25.0 Å². The summed E-state index contributed by atoms with van der Waals surface area (Å²) in [5.41, 5.74) is 8.49. The third-order valence-electron chi connectivity index (χ3n) is 6.16. The summed E-state index contributed by atoms with van der Waals surface area (Å²) < 4.78 is 6.14. The van der Waals surface area contributed by atoms with Crippen LogP contribution in [0.4, 0.5) is 5.82 Å². The minimum absolute atomic E-state index is 0.0753. The quantitative estimate of drug-likeness (QED) is 0.332. The minimum atomic E-state index is -0.558. The van der Waals surface area contributed by atoms with E-state index in [0.717, 1.165) is 10.9 Å². The van der Waals surface area contributed by atoms with Crippen LogP contribution in [0.2, 0.25) is 10.0 Å². The van der Waals surface area contributed by atoms with Gasteiger partial charge in [-0.1, -0.05) is 23.2 Å². The van der Waals surface area contributed by atoms with Crippen LogP contribution in [0.15, 0.2) is 42.7 Å². The Morgan fingerprint density at radius 3 is 2.64 bits per heavy atom. The van der Waals surface area contributed by atoms with Gasteiger partial charge in [-0.15, -0.1) is 10.2 Å². The lowest BCUT2D eigenvalue weighted by Gasteiger charge is -2.47. The van der Waals surface area contributed by atoms with E-state index in [1.165, 1.54) is 12.4 Å². The minimum Gasteiger partial charge on any atom is -0.486 e. The molecule has 1 aliphatic heterocycles. The number of hydrogen-bond acceptors (Lipinski definition) is 8. The lowest BCUT2D eigenvalue weighted by atomic mass is 9.87. The molecule has 1 aromatic carbocycles. The van der Waals surface area contributed by atoms with Crippen molar-refractivity contribution in [2.24, 2.45) is 5.73 Å². The number of pyridine rings is 1. The Morgan fingerprint density at radius 1 is 1.22 bits per heavy atom. The van der Waals surface area contributed by atoms with E-state index in [1.54, 1.807) is 7.05 Å². The van der Waals surface area contributed by atoms with Crippen molar-refractivity contribution in [3.63, 3.8) is 0 Å². The molecule has 4 aromatic rings. The maximum Gasteiger partial charge on any atom is 0.221 e. The number of carbonyl (C=O) groups is 1. The number of rotatable bonds is 7. The van der Waals surface area contributed by atoms with Crippen molar-refractivity contribution in [1.82, 2.24) is 30.7 Å². The number of nitrogens with one attached hydrogen (secondary N) is 2. The second-order valence-electron chi connectivity index (χ2n) is 8.90. The number of hydrogen-bond donors (Lipinski definition) is 3. The van der Waals surface area contributed by atoms with Crippen molar-refractivity contribution in [3.8, 4) is 17.1 Å². The van der Waals surface area contributed by atoms with Crippen LogP contribution in [0.25, 0.3) is 22.3 Å². The first-order valence-electron chi connectivity index (χ1n) is 11.3. The first-order chi connectivity index (χ1) is 17.3. The molecule has 0 spiro atoms. The van der Waals surface area contributed by atoms with E-state index in [9.17, 15) is 4.79 Å². The van der Waals surface area contributed by atoms with Gasteiger partial charge < -0.3 is 20.7 Å². The van der Waals surface area contributed by atoms with Crippen LogP contribution in [-0.2, 0) is 4.79 Å². The summed E-state index contributed by atoms with van der Waals surface area (Å²) in [6, 6.07) is 9.36. The van der Waals surface area contributed by atoms with E-state index in [-0.39, 0.29) is 12.3 Å². The van der Waals surface area contributed by atoms with Crippen molar-refractivity contribution in [2.45, 2.75) is 25.0 Å². The van der Waals surface area contributed by atoms with E-state index < -0.39 is 11.6 Å². The van der Waals surface area contributed by atoms with E-state index in [0.29, 0.717) is 51.7 Å². The van der Waals surface area contributed by atoms with Crippen LogP contribution < -0.4 is 20.7 Å². The zero-order chi connectivity index (χ0) is 25.4. The molecule has 12 heteroatoms. The second kappa shape index (κ2) is 9.53. The number of nitrogens with zero attached hydrogens (tertiary/aromatic N) is 5. The van der Waals surface area contributed by atoms with Gasteiger partial charge in [-0.2, -0.15) is 5.10 Å². The van der Waals surface area contributed by atoms with E-state index >= 15 is 0 Å². The number of H-pyrrole nitrogens is 1. The molecular weight excluding hydrogens is 503 g/mol. The Morgan fingerprint density at radius 2 is 1.97 bits per heavy atom. The predicted molar refractivity (Wildman–Crippen MR) is 138 cm³/mol. The van der Waals surface area contributed by atoms with Crippen LogP contribution in [-0.4, -0.2) is 57.0 Å². The highest BCUT2D eigenvalue weighted by molar-refractivity contribution is 6.35. The van der Waals surface area contributed by atoms with Gasteiger partial charge in [-0.3, -0.25) is 14.9 Å². The summed E-state index contributed by atoms with van der Waals surface area (Å²) >= 11 is 12.6. The highest BCUT2D eigenvalue weighted by Crippen LogP contribution is 2.35.